The van der Waals surface area contributed by atoms with E-state index in [4.69, 9.17) is 16.3 Å². The maximum Gasteiger partial charge on any atom is 0.344 e. The van der Waals surface area contributed by atoms with E-state index in [1.165, 1.54) is 16.7 Å². The van der Waals surface area contributed by atoms with Gasteiger partial charge in [-0.1, -0.05) is 17.7 Å². The van der Waals surface area contributed by atoms with Crippen LogP contribution >= 0.6 is 11.6 Å². The molecule has 8 heteroatoms. The zero-order chi connectivity index (χ0) is 17.3. The summed E-state index contributed by atoms with van der Waals surface area (Å²) in [6, 6.07) is 7.25. The molecule has 2 aromatic heterocycles. The van der Waals surface area contributed by atoms with Gasteiger partial charge in [0.25, 0.3) is 5.56 Å². The van der Waals surface area contributed by atoms with Crippen LogP contribution < -0.4 is 5.56 Å². The molecule has 24 heavy (non-hydrogen) atoms. The second-order valence-electron chi connectivity index (χ2n) is 4.83. The summed E-state index contributed by atoms with van der Waals surface area (Å²) in [7, 11) is 0. The summed E-state index contributed by atoms with van der Waals surface area (Å²) in [6.07, 6.45) is 1.40. The summed E-state index contributed by atoms with van der Waals surface area (Å²) in [6.45, 7) is -0.402. The number of esters is 1. The summed E-state index contributed by atoms with van der Waals surface area (Å²) >= 11 is 5.80. The minimum atomic E-state index is -1.18. The van der Waals surface area contributed by atoms with Gasteiger partial charge >= 0.3 is 5.97 Å². The number of fused-ring (bicyclic) bond motifs is 1. The van der Waals surface area contributed by atoms with E-state index in [1.807, 2.05) is 0 Å². The monoisotopic (exact) mass is 350 g/mol. The molecule has 0 radical (unpaired) electrons. The number of carbonyl (C=O) groups is 1. The molecule has 0 aliphatic rings. The van der Waals surface area contributed by atoms with Gasteiger partial charge in [0.05, 0.1) is 10.7 Å². The van der Waals surface area contributed by atoms with Crippen LogP contribution in [0.4, 0.5) is 8.78 Å². The molecule has 0 saturated carbocycles. The van der Waals surface area contributed by atoms with Gasteiger partial charge in [0.2, 0.25) is 0 Å². The molecule has 0 spiro atoms. The average Bonchev–Trinajstić information content (AvgIpc) is 2.53. The molecule has 0 atom stereocenters. The van der Waals surface area contributed by atoms with Gasteiger partial charge in [-0.05, 0) is 24.3 Å². The highest BCUT2D eigenvalue weighted by atomic mass is 35.5. The Morgan fingerprint density at radius 2 is 1.92 bits per heavy atom. The van der Waals surface area contributed by atoms with Gasteiger partial charge in [0, 0.05) is 12.3 Å². The van der Waals surface area contributed by atoms with Crippen molar-refractivity contribution in [1.29, 1.82) is 0 Å². The van der Waals surface area contributed by atoms with Crippen molar-refractivity contribution in [3.63, 3.8) is 0 Å². The first kappa shape index (κ1) is 16.1. The summed E-state index contributed by atoms with van der Waals surface area (Å²) < 4.78 is 33.1. The predicted octanol–water partition coefficient (Wildman–Crippen LogP) is 2.98. The molecule has 3 rings (SSSR count). The van der Waals surface area contributed by atoms with Crippen molar-refractivity contribution in [2.24, 2.45) is 0 Å². The largest absolute Gasteiger partial charge is 0.455 e. The van der Waals surface area contributed by atoms with Crippen molar-refractivity contribution < 1.29 is 18.3 Å². The van der Waals surface area contributed by atoms with E-state index in [9.17, 15) is 18.4 Å². The van der Waals surface area contributed by atoms with Crippen molar-refractivity contribution in [1.82, 2.24) is 9.38 Å². The molecule has 0 amide bonds. The normalized spacial score (nSPS) is 10.8. The Morgan fingerprint density at radius 3 is 2.62 bits per heavy atom. The van der Waals surface area contributed by atoms with Gasteiger partial charge in [0.1, 0.15) is 29.5 Å². The number of benzene rings is 1. The van der Waals surface area contributed by atoms with Crippen LogP contribution in [-0.4, -0.2) is 15.4 Å². The Balaban J connectivity index is 1.85. The zero-order valence-corrected chi connectivity index (χ0v) is 12.8. The van der Waals surface area contributed by atoms with Crippen LogP contribution in [0, 0.1) is 11.6 Å². The first-order valence-electron chi connectivity index (χ1n) is 6.74. The Bertz CT molecular complexity index is 984. The average molecular weight is 351 g/mol. The van der Waals surface area contributed by atoms with E-state index >= 15 is 0 Å². The third-order valence-corrected chi connectivity index (χ3v) is 3.42. The highest BCUT2D eigenvalue weighted by molar-refractivity contribution is 6.30. The van der Waals surface area contributed by atoms with Gasteiger partial charge < -0.3 is 4.74 Å². The van der Waals surface area contributed by atoms with Crippen LogP contribution in [0.3, 0.4) is 0 Å². The molecule has 1 aromatic carbocycles. The number of rotatable bonds is 3. The number of carbonyl (C=O) groups excluding carboxylic acids is 1. The van der Waals surface area contributed by atoms with Crippen molar-refractivity contribution in [2.75, 3.05) is 0 Å². The van der Waals surface area contributed by atoms with Crippen LogP contribution in [0.5, 0.6) is 0 Å². The van der Waals surface area contributed by atoms with E-state index in [1.54, 1.807) is 6.07 Å². The Labute approximate surface area is 139 Å². The first-order valence-corrected chi connectivity index (χ1v) is 7.12. The maximum absolute atomic E-state index is 13.5. The van der Waals surface area contributed by atoms with Crippen LogP contribution in [0.15, 0.2) is 47.4 Å². The Morgan fingerprint density at radius 1 is 1.21 bits per heavy atom. The predicted molar refractivity (Wildman–Crippen MR) is 81.9 cm³/mol. The quantitative estimate of drug-likeness (QED) is 0.681. The minimum Gasteiger partial charge on any atom is -0.455 e. The van der Waals surface area contributed by atoms with E-state index in [-0.39, 0.29) is 5.69 Å². The van der Waals surface area contributed by atoms with Crippen molar-refractivity contribution >= 4 is 23.2 Å². The van der Waals surface area contributed by atoms with E-state index in [2.05, 4.69) is 4.98 Å². The minimum absolute atomic E-state index is 0.146. The van der Waals surface area contributed by atoms with Gasteiger partial charge in [-0.3, -0.25) is 9.20 Å². The molecule has 2 heterocycles. The third kappa shape index (κ3) is 3.11. The topological polar surface area (TPSA) is 60.7 Å². The summed E-state index contributed by atoms with van der Waals surface area (Å²) in [4.78, 5) is 27.9. The van der Waals surface area contributed by atoms with Crippen molar-refractivity contribution in [3.05, 3.63) is 80.9 Å². The summed E-state index contributed by atoms with van der Waals surface area (Å²) in [5.74, 6) is -3.23. The van der Waals surface area contributed by atoms with E-state index in [0.29, 0.717) is 10.7 Å². The lowest BCUT2D eigenvalue weighted by Gasteiger charge is -2.07. The molecule has 122 valence electrons. The number of halogens is 3. The summed E-state index contributed by atoms with van der Waals surface area (Å²) in [5.41, 5.74) is -0.769. The number of pyridine rings is 1. The second kappa shape index (κ2) is 6.37. The lowest BCUT2D eigenvalue weighted by molar-refractivity contribution is 0.0456. The zero-order valence-electron chi connectivity index (χ0n) is 12.0. The fourth-order valence-corrected chi connectivity index (χ4v) is 2.27. The fraction of sp³-hybridized carbons (Fsp3) is 0.0625. The molecule has 3 aromatic rings. The molecule has 0 saturated heterocycles. The summed E-state index contributed by atoms with van der Waals surface area (Å²) in [5, 5.41) is 0.362. The van der Waals surface area contributed by atoms with Crippen LogP contribution in [0.2, 0.25) is 5.02 Å². The van der Waals surface area contributed by atoms with Crippen molar-refractivity contribution in [3.8, 4) is 0 Å². The number of ether oxygens (including phenoxy) is 1. The number of aromatic nitrogens is 2. The smallest absolute Gasteiger partial charge is 0.344 e. The van der Waals surface area contributed by atoms with E-state index < -0.39 is 35.3 Å². The number of hydrogen-bond donors (Lipinski definition) is 0. The molecule has 0 unspecified atom stereocenters. The Hall–Kier alpha value is -2.80. The Kier molecular flexibility index (Phi) is 4.26. The van der Waals surface area contributed by atoms with Gasteiger partial charge in [-0.2, -0.15) is 0 Å². The third-order valence-electron chi connectivity index (χ3n) is 3.19. The molecule has 5 nitrogen and oxygen atoms in total. The molecule has 0 fully saturated rings. The molecular weight excluding hydrogens is 342 g/mol. The standard InChI is InChI=1S/C16H9ClF2N2O3/c17-9-4-5-13-20-10(6-14(22)21(13)7-9)8-24-16(23)15-11(18)2-1-3-12(15)19/h1-7H,8H2. The SMILES string of the molecule is O=C(OCc1cc(=O)n2cc(Cl)ccc2n1)c1c(F)cccc1F. The lowest BCUT2D eigenvalue weighted by Crippen LogP contribution is -2.17. The highest BCUT2D eigenvalue weighted by Gasteiger charge is 2.18. The molecule has 0 N–H and O–H groups in total. The first-order chi connectivity index (χ1) is 11.5. The van der Waals surface area contributed by atoms with Gasteiger partial charge in [-0.25, -0.2) is 18.6 Å². The van der Waals surface area contributed by atoms with E-state index in [0.717, 1.165) is 24.3 Å². The molecule has 0 bridgehead atoms. The number of nitrogens with zero attached hydrogens (tertiary/aromatic N) is 2. The van der Waals surface area contributed by atoms with Crippen LogP contribution in [-0.2, 0) is 11.3 Å². The van der Waals surface area contributed by atoms with Crippen molar-refractivity contribution in [2.45, 2.75) is 6.61 Å². The number of hydrogen-bond acceptors (Lipinski definition) is 4. The van der Waals surface area contributed by atoms with Crippen LogP contribution in [0.25, 0.3) is 5.65 Å². The fourth-order valence-electron chi connectivity index (χ4n) is 2.10. The molecule has 0 aliphatic heterocycles. The molecular formula is C16H9ClF2N2O3. The molecule has 0 aliphatic carbocycles. The van der Waals surface area contributed by atoms with Gasteiger partial charge in [-0.15, -0.1) is 0 Å². The lowest BCUT2D eigenvalue weighted by atomic mass is 10.2. The maximum atomic E-state index is 13.5. The highest BCUT2D eigenvalue weighted by Crippen LogP contribution is 2.14. The van der Waals surface area contributed by atoms with Gasteiger partial charge in [0.15, 0.2) is 0 Å². The second-order valence-corrected chi connectivity index (χ2v) is 5.27. The van der Waals surface area contributed by atoms with Crippen LogP contribution in [0.1, 0.15) is 16.1 Å².